The Labute approximate surface area is 123 Å². The topological polar surface area (TPSA) is 43.4 Å². The molecule has 1 rings (SSSR count). The van der Waals surface area contributed by atoms with Crippen molar-refractivity contribution in [3.8, 4) is 0 Å². The molecule has 5 heteroatoms. The maximum absolute atomic E-state index is 11.3. The summed E-state index contributed by atoms with van der Waals surface area (Å²) in [6, 6.07) is 5.56. The smallest absolute Gasteiger partial charge is 0.310 e. The number of benzene rings is 1. The van der Waals surface area contributed by atoms with Crippen LogP contribution in [0.3, 0.4) is 0 Å². The molecular formula is C13H14Br2O3. The van der Waals surface area contributed by atoms with Crippen molar-refractivity contribution in [2.45, 2.75) is 19.8 Å². The van der Waals surface area contributed by atoms with Gasteiger partial charge in [-0.05, 0) is 24.1 Å². The zero-order chi connectivity index (χ0) is 13.5. The van der Waals surface area contributed by atoms with E-state index in [4.69, 9.17) is 4.74 Å². The molecule has 0 atom stereocenters. The molecule has 0 unspecified atom stereocenters. The van der Waals surface area contributed by atoms with Crippen molar-refractivity contribution in [2.24, 2.45) is 0 Å². The molecule has 0 aromatic heterocycles. The molecule has 18 heavy (non-hydrogen) atoms. The predicted molar refractivity (Wildman–Crippen MR) is 77.0 cm³/mol. The number of ketones is 1. The van der Waals surface area contributed by atoms with Crippen molar-refractivity contribution in [3.63, 3.8) is 0 Å². The molecular weight excluding hydrogens is 364 g/mol. The van der Waals surface area contributed by atoms with E-state index in [0.717, 1.165) is 15.6 Å². The summed E-state index contributed by atoms with van der Waals surface area (Å²) in [6.45, 7) is 2.17. The van der Waals surface area contributed by atoms with Gasteiger partial charge >= 0.3 is 5.97 Å². The van der Waals surface area contributed by atoms with Gasteiger partial charge in [-0.1, -0.05) is 44.0 Å². The lowest BCUT2D eigenvalue weighted by molar-refractivity contribution is -0.142. The number of hydrogen-bond acceptors (Lipinski definition) is 3. The lowest BCUT2D eigenvalue weighted by Crippen LogP contribution is -2.08. The minimum absolute atomic E-state index is 0.119. The first-order chi connectivity index (χ1) is 8.56. The summed E-state index contributed by atoms with van der Waals surface area (Å²) in [5.74, 6) is -0.123. The van der Waals surface area contributed by atoms with Crippen molar-refractivity contribution in [1.29, 1.82) is 0 Å². The Balaban J connectivity index is 2.73. The number of esters is 1. The molecule has 0 aliphatic heterocycles. The second-order valence-corrected chi connectivity index (χ2v) is 5.17. The Kier molecular flexibility index (Phi) is 6.57. The van der Waals surface area contributed by atoms with Gasteiger partial charge in [0.1, 0.15) is 5.78 Å². The van der Waals surface area contributed by atoms with Gasteiger partial charge in [-0.3, -0.25) is 9.59 Å². The number of hydrogen-bond donors (Lipinski definition) is 0. The van der Waals surface area contributed by atoms with Crippen LogP contribution in [0.2, 0.25) is 0 Å². The normalized spacial score (nSPS) is 10.2. The van der Waals surface area contributed by atoms with Gasteiger partial charge in [0.2, 0.25) is 0 Å². The highest BCUT2D eigenvalue weighted by Crippen LogP contribution is 2.20. The Morgan fingerprint density at radius 2 is 2.00 bits per heavy atom. The van der Waals surface area contributed by atoms with Gasteiger partial charge in [0, 0.05) is 10.9 Å². The van der Waals surface area contributed by atoms with Crippen molar-refractivity contribution in [2.75, 3.05) is 11.9 Å². The summed E-state index contributed by atoms with van der Waals surface area (Å²) in [5, 5.41) is 0.351. The maximum Gasteiger partial charge on any atom is 0.310 e. The van der Waals surface area contributed by atoms with E-state index in [0.29, 0.717) is 18.4 Å². The van der Waals surface area contributed by atoms with Crippen LogP contribution in [-0.4, -0.2) is 23.7 Å². The fourth-order valence-electron chi connectivity index (χ4n) is 1.48. The molecule has 0 aliphatic carbocycles. The van der Waals surface area contributed by atoms with Gasteiger partial charge in [-0.2, -0.15) is 0 Å². The van der Waals surface area contributed by atoms with Crippen molar-refractivity contribution < 1.29 is 14.3 Å². The van der Waals surface area contributed by atoms with Crippen LogP contribution in [-0.2, 0) is 27.2 Å². The minimum atomic E-state index is -0.242. The lowest BCUT2D eigenvalue weighted by atomic mass is 10.1. The van der Waals surface area contributed by atoms with Gasteiger partial charge in [-0.25, -0.2) is 0 Å². The number of carbonyl (C=O) groups is 2. The molecule has 0 amide bonds. The van der Waals surface area contributed by atoms with Crippen molar-refractivity contribution >= 4 is 43.6 Å². The van der Waals surface area contributed by atoms with E-state index < -0.39 is 0 Å². The first-order valence-electron chi connectivity index (χ1n) is 5.57. The van der Waals surface area contributed by atoms with Gasteiger partial charge in [0.05, 0.1) is 18.4 Å². The van der Waals surface area contributed by atoms with Crippen molar-refractivity contribution in [1.82, 2.24) is 0 Å². The largest absolute Gasteiger partial charge is 0.466 e. The SMILES string of the molecule is CCOC(=O)Cc1ccc(CC(=O)CBr)c(Br)c1. The number of alkyl halides is 1. The molecule has 3 nitrogen and oxygen atoms in total. The number of Topliss-reactive ketones (excluding diaryl/α,β-unsaturated/α-hetero) is 1. The first-order valence-corrected chi connectivity index (χ1v) is 7.48. The highest BCUT2D eigenvalue weighted by molar-refractivity contribution is 9.10. The van der Waals surface area contributed by atoms with E-state index in [1.165, 1.54) is 0 Å². The molecule has 0 spiro atoms. The van der Waals surface area contributed by atoms with E-state index in [2.05, 4.69) is 31.9 Å². The molecule has 0 N–H and O–H groups in total. The fourth-order valence-corrected chi connectivity index (χ4v) is 2.25. The quantitative estimate of drug-likeness (QED) is 0.565. The van der Waals surface area contributed by atoms with Crippen LogP contribution in [0, 0.1) is 0 Å². The second-order valence-electron chi connectivity index (χ2n) is 3.76. The van der Waals surface area contributed by atoms with E-state index in [9.17, 15) is 9.59 Å². The van der Waals surface area contributed by atoms with Crippen LogP contribution in [0.15, 0.2) is 22.7 Å². The highest BCUT2D eigenvalue weighted by Gasteiger charge is 2.09. The molecule has 0 radical (unpaired) electrons. The van der Waals surface area contributed by atoms with Crippen LogP contribution in [0.5, 0.6) is 0 Å². The van der Waals surface area contributed by atoms with Gasteiger partial charge in [0.25, 0.3) is 0 Å². The van der Waals surface area contributed by atoms with Crippen LogP contribution in [0.25, 0.3) is 0 Å². The second kappa shape index (κ2) is 7.69. The summed E-state index contributed by atoms with van der Waals surface area (Å²) in [6.07, 6.45) is 0.630. The molecule has 0 saturated heterocycles. The highest BCUT2D eigenvalue weighted by atomic mass is 79.9. The zero-order valence-corrected chi connectivity index (χ0v) is 13.2. The van der Waals surface area contributed by atoms with E-state index in [1.54, 1.807) is 6.92 Å². The van der Waals surface area contributed by atoms with E-state index in [-0.39, 0.29) is 18.2 Å². The van der Waals surface area contributed by atoms with Gasteiger partial charge in [0.15, 0.2) is 0 Å². The molecule has 0 aliphatic rings. The zero-order valence-electron chi connectivity index (χ0n) is 10.0. The number of rotatable bonds is 6. The summed E-state index contributed by atoms with van der Waals surface area (Å²) < 4.78 is 5.73. The monoisotopic (exact) mass is 376 g/mol. The molecule has 0 heterocycles. The molecule has 0 fully saturated rings. The molecule has 0 bridgehead atoms. The predicted octanol–water partition coefficient (Wildman–Crippen LogP) is 3.06. The average molecular weight is 378 g/mol. The standard InChI is InChI=1S/C13H14Br2O3/c1-2-18-13(17)6-9-3-4-10(12(15)5-9)7-11(16)8-14/h3-5H,2,6-8H2,1H3. The molecule has 0 saturated carbocycles. The fraction of sp³-hybridized carbons (Fsp3) is 0.385. The van der Waals surface area contributed by atoms with Crippen LogP contribution in [0.4, 0.5) is 0 Å². The summed E-state index contributed by atoms with van der Waals surface area (Å²) in [7, 11) is 0. The third-order valence-corrected chi connectivity index (χ3v) is 3.67. The summed E-state index contributed by atoms with van der Waals surface area (Å²) in [4.78, 5) is 22.7. The van der Waals surface area contributed by atoms with E-state index >= 15 is 0 Å². The van der Waals surface area contributed by atoms with Crippen LogP contribution >= 0.6 is 31.9 Å². The third-order valence-electron chi connectivity index (χ3n) is 2.31. The van der Waals surface area contributed by atoms with Gasteiger partial charge in [-0.15, -0.1) is 0 Å². The van der Waals surface area contributed by atoms with Crippen LogP contribution in [0.1, 0.15) is 18.1 Å². The minimum Gasteiger partial charge on any atom is -0.466 e. The molecule has 98 valence electrons. The Hall–Kier alpha value is -0.680. The van der Waals surface area contributed by atoms with E-state index in [1.807, 2.05) is 18.2 Å². The molecule has 1 aromatic rings. The lowest BCUT2D eigenvalue weighted by Gasteiger charge is -2.06. The summed E-state index contributed by atoms with van der Waals surface area (Å²) >= 11 is 6.55. The van der Waals surface area contributed by atoms with Crippen molar-refractivity contribution in [3.05, 3.63) is 33.8 Å². The number of carbonyl (C=O) groups excluding carboxylic acids is 2. The molecule has 1 aromatic carbocycles. The average Bonchev–Trinajstić information content (AvgIpc) is 2.32. The number of halogens is 2. The first kappa shape index (κ1) is 15.4. The Morgan fingerprint density at radius 1 is 1.28 bits per heavy atom. The maximum atomic E-state index is 11.3. The van der Waals surface area contributed by atoms with Crippen LogP contribution < -0.4 is 0 Å². The van der Waals surface area contributed by atoms with Gasteiger partial charge < -0.3 is 4.74 Å². The number of ether oxygens (including phenoxy) is 1. The Morgan fingerprint density at radius 3 is 2.56 bits per heavy atom. The summed E-state index contributed by atoms with van der Waals surface area (Å²) in [5.41, 5.74) is 1.79. The third kappa shape index (κ3) is 4.90. The Bertz CT molecular complexity index is 444.